The number of hydrogen-bond donors (Lipinski definition) is 1. The van der Waals surface area contributed by atoms with E-state index in [9.17, 15) is 4.79 Å². The van der Waals surface area contributed by atoms with Crippen molar-refractivity contribution in [1.82, 2.24) is 4.98 Å². The van der Waals surface area contributed by atoms with Crippen molar-refractivity contribution < 1.29 is 9.53 Å². The van der Waals surface area contributed by atoms with Crippen LogP contribution in [0.4, 0.5) is 5.69 Å². The summed E-state index contributed by atoms with van der Waals surface area (Å²) >= 11 is 1.41. The van der Waals surface area contributed by atoms with E-state index in [1.807, 2.05) is 42.5 Å². The number of nitrogens with zero attached hydrogens (tertiary/aromatic N) is 1. The molecule has 5 heteroatoms. The van der Waals surface area contributed by atoms with E-state index >= 15 is 0 Å². The molecule has 3 aromatic rings. The Bertz CT molecular complexity index is 768. The minimum atomic E-state index is -0.300. The monoisotopic (exact) mass is 298 g/mol. The number of anilines is 1. The number of rotatable bonds is 4. The molecule has 0 aliphatic rings. The summed E-state index contributed by atoms with van der Waals surface area (Å²) in [6, 6.07) is 13.1. The second-order valence-electron chi connectivity index (χ2n) is 4.61. The fourth-order valence-electron chi connectivity index (χ4n) is 2.03. The van der Waals surface area contributed by atoms with Gasteiger partial charge < -0.3 is 10.5 Å². The van der Waals surface area contributed by atoms with Gasteiger partial charge in [0.25, 0.3) is 0 Å². The standard InChI is InChI=1S/C16H14N2O2S/c17-12-4-5-14-11(9-12)10-15(21-14)16(19)20-8-6-13-3-1-2-7-18-13/h1-5,7,9-10H,6,8,17H2. The highest BCUT2D eigenvalue weighted by Crippen LogP contribution is 2.27. The number of pyridine rings is 1. The number of thiophene rings is 1. The highest BCUT2D eigenvalue weighted by molar-refractivity contribution is 7.20. The number of fused-ring (bicyclic) bond motifs is 1. The van der Waals surface area contributed by atoms with Gasteiger partial charge in [0.05, 0.1) is 6.61 Å². The Morgan fingerprint density at radius 3 is 2.95 bits per heavy atom. The normalized spacial score (nSPS) is 10.7. The second kappa shape index (κ2) is 5.93. The molecule has 0 unspecified atom stereocenters. The third-order valence-electron chi connectivity index (χ3n) is 3.06. The maximum Gasteiger partial charge on any atom is 0.348 e. The number of carbonyl (C=O) groups is 1. The van der Waals surface area contributed by atoms with E-state index in [1.165, 1.54) is 11.3 Å². The fraction of sp³-hybridized carbons (Fsp3) is 0.125. The molecule has 0 aliphatic carbocycles. The lowest BCUT2D eigenvalue weighted by molar-refractivity contribution is 0.0514. The van der Waals surface area contributed by atoms with E-state index in [-0.39, 0.29) is 5.97 Å². The predicted octanol–water partition coefficient (Wildman–Crippen LogP) is 3.28. The first-order valence-corrected chi connectivity index (χ1v) is 7.40. The Kier molecular flexibility index (Phi) is 3.83. The van der Waals surface area contributed by atoms with Gasteiger partial charge in [-0.1, -0.05) is 6.07 Å². The molecule has 0 atom stereocenters. The number of nitrogen functional groups attached to an aromatic ring is 1. The molecule has 1 aromatic carbocycles. The van der Waals surface area contributed by atoms with Gasteiger partial charge >= 0.3 is 5.97 Å². The molecule has 2 aromatic heterocycles. The van der Waals surface area contributed by atoms with Crippen molar-refractivity contribution >= 4 is 33.1 Å². The Morgan fingerprint density at radius 2 is 2.14 bits per heavy atom. The average Bonchev–Trinajstić information content (AvgIpc) is 2.91. The van der Waals surface area contributed by atoms with Gasteiger partial charge in [0.15, 0.2) is 0 Å². The van der Waals surface area contributed by atoms with E-state index in [1.54, 1.807) is 6.20 Å². The summed E-state index contributed by atoms with van der Waals surface area (Å²) in [6.07, 6.45) is 2.35. The lowest BCUT2D eigenvalue weighted by Crippen LogP contribution is -2.07. The van der Waals surface area contributed by atoms with Crippen LogP contribution in [0.3, 0.4) is 0 Å². The van der Waals surface area contributed by atoms with Crippen molar-refractivity contribution in [3.05, 3.63) is 59.2 Å². The van der Waals surface area contributed by atoms with Crippen LogP contribution < -0.4 is 5.73 Å². The smallest absolute Gasteiger partial charge is 0.348 e. The number of ether oxygens (including phenoxy) is 1. The summed E-state index contributed by atoms with van der Waals surface area (Å²) < 4.78 is 6.32. The Hall–Kier alpha value is -2.40. The maximum absolute atomic E-state index is 12.0. The largest absolute Gasteiger partial charge is 0.461 e. The summed E-state index contributed by atoms with van der Waals surface area (Å²) in [4.78, 5) is 16.8. The molecule has 0 amide bonds. The first-order chi connectivity index (χ1) is 10.2. The topological polar surface area (TPSA) is 65.2 Å². The van der Waals surface area contributed by atoms with E-state index in [2.05, 4.69) is 4.98 Å². The van der Waals surface area contributed by atoms with Crippen LogP contribution in [-0.2, 0) is 11.2 Å². The highest BCUT2D eigenvalue weighted by atomic mass is 32.1. The van der Waals surface area contributed by atoms with Gasteiger partial charge in [-0.2, -0.15) is 0 Å². The molecule has 0 fully saturated rings. The molecule has 0 saturated heterocycles. The molecule has 0 saturated carbocycles. The summed E-state index contributed by atoms with van der Waals surface area (Å²) in [6.45, 7) is 0.326. The van der Waals surface area contributed by atoms with Gasteiger partial charge in [0.1, 0.15) is 4.88 Å². The summed E-state index contributed by atoms with van der Waals surface area (Å²) in [5, 5.41) is 0.969. The molecule has 0 aliphatic heterocycles. The third-order valence-corrected chi connectivity index (χ3v) is 4.16. The van der Waals surface area contributed by atoms with Crippen molar-refractivity contribution in [2.45, 2.75) is 6.42 Å². The predicted molar refractivity (Wildman–Crippen MR) is 84.5 cm³/mol. The molecule has 0 radical (unpaired) electrons. The van der Waals surface area contributed by atoms with Crippen LogP contribution in [0.5, 0.6) is 0 Å². The minimum absolute atomic E-state index is 0.300. The zero-order valence-electron chi connectivity index (χ0n) is 11.3. The quantitative estimate of drug-likeness (QED) is 0.593. The molecule has 3 rings (SSSR count). The zero-order chi connectivity index (χ0) is 14.7. The SMILES string of the molecule is Nc1ccc2sc(C(=O)OCCc3ccccn3)cc2c1. The number of nitrogens with two attached hydrogens (primary N) is 1. The van der Waals surface area contributed by atoms with Gasteiger partial charge in [-0.3, -0.25) is 4.98 Å². The van der Waals surface area contributed by atoms with Crippen LogP contribution in [0.15, 0.2) is 48.7 Å². The lowest BCUT2D eigenvalue weighted by Gasteiger charge is -2.02. The van der Waals surface area contributed by atoms with E-state index < -0.39 is 0 Å². The molecule has 2 heterocycles. The van der Waals surface area contributed by atoms with Gasteiger partial charge in [0.2, 0.25) is 0 Å². The van der Waals surface area contributed by atoms with E-state index in [0.29, 0.717) is 23.6 Å². The lowest BCUT2D eigenvalue weighted by atomic mass is 10.2. The summed E-state index contributed by atoms with van der Waals surface area (Å²) in [5.41, 5.74) is 7.34. The second-order valence-corrected chi connectivity index (χ2v) is 5.70. The maximum atomic E-state index is 12.0. The first-order valence-electron chi connectivity index (χ1n) is 6.58. The van der Waals surface area contributed by atoms with Crippen molar-refractivity contribution in [2.75, 3.05) is 12.3 Å². The van der Waals surface area contributed by atoms with Gasteiger partial charge in [-0.05, 0) is 41.8 Å². The molecular weight excluding hydrogens is 284 g/mol. The summed E-state index contributed by atoms with van der Waals surface area (Å²) in [5.74, 6) is -0.300. The van der Waals surface area contributed by atoms with Gasteiger partial charge in [0, 0.05) is 28.7 Å². The Labute approximate surface area is 126 Å². The van der Waals surface area contributed by atoms with Crippen molar-refractivity contribution in [1.29, 1.82) is 0 Å². The number of esters is 1. The molecule has 106 valence electrons. The first kappa shape index (κ1) is 13.6. The number of aromatic nitrogens is 1. The molecule has 21 heavy (non-hydrogen) atoms. The van der Waals surface area contributed by atoms with Crippen LogP contribution in [0.25, 0.3) is 10.1 Å². The van der Waals surface area contributed by atoms with Crippen molar-refractivity contribution in [3.63, 3.8) is 0 Å². The third kappa shape index (κ3) is 3.20. The molecule has 2 N–H and O–H groups in total. The van der Waals surface area contributed by atoms with E-state index in [0.717, 1.165) is 15.8 Å². The molecule has 0 bridgehead atoms. The minimum Gasteiger partial charge on any atom is -0.461 e. The molecule has 0 spiro atoms. The number of benzene rings is 1. The van der Waals surface area contributed by atoms with Gasteiger partial charge in [-0.25, -0.2) is 4.79 Å². The van der Waals surface area contributed by atoms with Crippen LogP contribution in [0.2, 0.25) is 0 Å². The van der Waals surface area contributed by atoms with Crippen LogP contribution in [0.1, 0.15) is 15.4 Å². The van der Waals surface area contributed by atoms with Crippen LogP contribution in [0, 0.1) is 0 Å². The van der Waals surface area contributed by atoms with Gasteiger partial charge in [-0.15, -0.1) is 11.3 Å². The van der Waals surface area contributed by atoms with Crippen LogP contribution in [-0.4, -0.2) is 17.6 Å². The Morgan fingerprint density at radius 1 is 1.24 bits per heavy atom. The molecular formula is C16H14N2O2S. The van der Waals surface area contributed by atoms with Crippen molar-refractivity contribution in [2.24, 2.45) is 0 Å². The number of hydrogen-bond acceptors (Lipinski definition) is 5. The average molecular weight is 298 g/mol. The fourth-order valence-corrected chi connectivity index (χ4v) is 2.96. The Balaban J connectivity index is 1.64. The summed E-state index contributed by atoms with van der Waals surface area (Å²) in [7, 11) is 0. The van der Waals surface area contributed by atoms with Crippen molar-refractivity contribution in [3.8, 4) is 0 Å². The highest BCUT2D eigenvalue weighted by Gasteiger charge is 2.11. The number of carbonyl (C=O) groups excluding carboxylic acids is 1. The zero-order valence-corrected chi connectivity index (χ0v) is 12.1. The van der Waals surface area contributed by atoms with E-state index in [4.69, 9.17) is 10.5 Å². The molecule has 4 nitrogen and oxygen atoms in total. The van der Waals surface area contributed by atoms with Crippen LogP contribution >= 0.6 is 11.3 Å².